The van der Waals surface area contributed by atoms with Crippen LogP contribution in [0.25, 0.3) is 0 Å². The first-order chi connectivity index (χ1) is 11.2. The van der Waals surface area contributed by atoms with E-state index in [1.54, 1.807) is 6.92 Å². The highest BCUT2D eigenvalue weighted by atomic mass is 19.4. The smallest absolute Gasteiger partial charge is 0.368 e. The third kappa shape index (κ3) is 4.15. The van der Waals surface area contributed by atoms with Crippen LogP contribution in [-0.4, -0.2) is 45.4 Å². The maximum absolute atomic E-state index is 13.4. The summed E-state index contributed by atoms with van der Waals surface area (Å²) in [6.45, 7) is 1.88. The van der Waals surface area contributed by atoms with Crippen molar-refractivity contribution in [3.63, 3.8) is 0 Å². The van der Waals surface area contributed by atoms with Gasteiger partial charge in [0.15, 0.2) is 0 Å². The third-order valence-corrected chi connectivity index (χ3v) is 2.91. The summed E-state index contributed by atoms with van der Waals surface area (Å²) in [5.41, 5.74) is 5.23. The van der Waals surface area contributed by atoms with E-state index in [1.807, 2.05) is 0 Å². The van der Waals surface area contributed by atoms with E-state index >= 15 is 0 Å². The minimum absolute atomic E-state index is 0.194. The van der Waals surface area contributed by atoms with Crippen molar-refractivity contribution in [2.24, 2.45) is 0 Å². The lowest BCUT2D eigenvalue weighted by Crippen LogP contribution is -2.60. The molecule has 1 rings (SSSR count). The highest BCUT2D eigenvalue weighted by Gasteiger charge is 2.81. The molecule has 5 nitrogen and oxygen atoms in total. The summed E-state index contributed by atoms with van der Waals surface area (Å²) in [5, 5.41) is 2.51. The van der Waals surface area contributed by atoms with Gasteiger partial charge in [0.05, 0.1) is 0 Å². The third-order valence-electron chi connectivity index (χ3n) is 2.91. The van der Waals surface area contributed by atoms with Crippen molar-refractivity contribution < 1.29 is 39.5 Å². The number of alkyl halides is 9. The monoisotopic (exact) mass is 385 g/mol. The van der Waals surface area contributed by atoms with Gasteiger partial charge in [-0.15, -0.1) is 0 Å². The summed E-state index contributed by atoms with van der Waals surface area (Å²) in [6.07, 6.45) is -10.1. The molecule has 0 saturated carbocycles. The van der Waals surface area contributed by atoms with Crippen LogP contribution in [0.15, 0.2) is 0 Å². The normalized spacial score (nSPS) is 13.8. The number of anilines is 2. The van der Waals surface area contributed by atoms with Crippen LogP contribution in [0.4, 0.5) is 51.4 Å². The molecule has 0 spiro atoms. The lowest BCUT2D eigenvalue weighted by molar-refractivity contribution is -0.396. The van der Waals surface area contributed by atoms with Crippen LogP contribution in [0.1, 0.15) is 19.2 Å². The molecule has 0 fully saturated rings. The molecular weight excluding hydrogens is 373 g/mol. The Bertz CT molecular complexity index is 602. The van der Waals surface area contributed by atoms with E-state index in [0.29, 0.717) is 0 Å². The quantitative estimate of drug-likeness (QED) is 0.705. The van der Waals surface area contributed by atoms with Crippen molar-refractivity contribution in [3.05, 3.63) is 5.82 Å². The Balaban J connectivity index is 3.02. The fraction of sp³-hybridized carbons (Fsp3) is 0.727. The molecule has 0 aliphatic rings. The highest BCUT2D eigenvalue weighted by molar-refractivity contribution is 5.30. The molecule has 1 aromatic rings. The highest BCUT2D eigenvalue weighted by Crippen LogP contribution is 2.54. The fourth-order valence-electron chi connectivity index (χ4n) is 1.62. The summed E-state index contributed by atoms with van der Waals surface area (Å²) >= 11 is 0. The minimum Gasteiger partial charge on any atom is -0.368 e. The Hall–Kier alpha value is -2.02. The van der Waals surface area contributed by atoms with Crippen LogP contribution in [0.3, 0.4) is 0 Å². The Labute approximate surface area is 134 Å². The van der Waals surface area contributed by atoms with E-state index < -0.39 is 48.6 Å². The molecule has 0 saturated heterocycles. The molecule has 3 N–H and O–H groups in total. The maximum Gasteiger partial charge on any atom is 0.460 e. The van der Waals surface area contributed by atoms with Gasteiger partial charge in [-0.05, 0) is 6.92 Å². The van der Waals surface area contributed by atoms with Gasteiger partial charge >= 0.3 is 23.9 Å². The van der Waals surface area contributed by atoms with Crippen LogP contribution in [0.2, 0.25) is 0 Å². The van der Waals surface area contributed by atoms with Crippen molar-refractivity contribution in [1.29, 1.82) is 0 Å². The Morgan fingerprint density at radius 3 is 1.92 bits per heavy atom. The molecule has 0 aliphatic heterocycles. The molecule has 0 aromatic carbocycles. The minimum atomic E-state index is -6.92. The number of aromatic nitrogens is 3. The first kappa shape index (κ1) is 21.0. The molecule has 0 amide bonds. The van der Waals surface area contributed by atoms with E-state index in [9.17, 15) is 39.5 Å². The van der Waals surface area contributed by atoms with Gasteiger partial charge in [0.1, 0.15) is 5.82 Å². The lowest BCUT2D eigenvalue weighted by atomic mass is 9.99. The number of aryl methyl sites for hydroxylation is 1. The van der Waals surface area contributed by atoms with Crippen LogP contribution < -0.4 is 11.1 Å². The van der Waals surface area contributed by atoms with Gasteiger partial charge in [-0.3, -0.25) is 0 Å². The molecule has 1 aromatic heterocycles. The summed E-state index contributed by atoms with van der Waals surface area (Å²) in [4.78, 5) is 10.4. The molecule has 0 radical (unpaired) electrons. The van der Waals surface area contributed by atoms with E-state index in [4.69, 9.17) is 5.73 Å². The summed E-state index contributed by atoms with van der Waals surface area (Å²) < 4.78 is 115. The zero-order valence-corrected chi connectivity index (χ0v) is 12.4. The molecule has 0 bridgehead atoms. The lowest BCUT2D eigenvalue weighted by Gasteiger charge is -2.33. The molecule has 14 heteroatoms. The number of hydrogen-bond acceptors (Lipinski definition) is 5. The molecule has 0 atom stereocenters. The second-order valence-corrected chi connectivity index (χ2v) is 4.81. The molecule has 144 valence electrons. The van der Waals surface area contributed by atoms with Crippen molar-refractivity contribution >= 4 is 11.9 Å². The summed E-state index contributed by atoms with van der Waals surface area (Å²) in [5.74, 6) is -20.5. The molecule has 0 aliphatic carbocycles. The van der Waals surface area contributed by atoms with Gasteiger partial charge in [0.2, 0.25) is 11.9 Å². The van der Waals surface area contributed by atoms with Crippen molar-refractivity contribution in [3.8, 4) is 0 Å². The zero-order valence-electron chi connectivity index (χ0n) is 12.4. The van der Waals surface area contributed by atoms with Crippen molar-refractivity contribution in [2.45, 2.75) is 43.7 Å². The summed E-state index contributed by atoms with van der Waals surface area (Å²) in [7, 11) is 0. The van der Waals surface area contributed by atoms with Crippen molar-refractivity contribution in [1.82, 2.24) is 15.0 Å². The Kier molecular flexibility index (Phi) is 5.64. The first-order valence-electron chi connectivity index (χ1n) is 6.60. The van der Waals surface area contributed by atoms with Gasteiger partial charge in [0, 0.05) is 19.4 Å². The molecule has 25 heavy (non-hydrogen) atoms. The maximum atomic E-state index is 13.4. The number of halogens is 9. The number of rotatable bonds is 7. The number of nitrogens with two attached hydrogens (primary N) is 1. The van der Waals surface area contributed by atoms with E-state index in [-0.39, 0.29) is 12.5 Å². The Morgan fingerprint density at radius 2 is 1.44 bits per heavy atom. The second kappa shape index (κ2) is 6.71. The molecule has 1 heterocycles. The van der Waals surface area contributed by atoms with E-state index in [0.717, 1.165) is 0 Å². The van der Waals surface area contributed by atoms with Crippen LogP contribution in [0.5, 0.6) is 0 Å². The summed E-state index contributed by atoms with van der Waals surface area (Å²) in [6, 6.07) is 0. The SMILES string of the molecule is CCNc1nc(N)nc(CCC(F)(F)C(F)(F)C(F)(F)C(F)(F)F)n1. The largest absolute Gasteiger partial charge is 0.460 e. The van der Waals surface area contributed by atoms with Gasteiger partial charge in [-0.2, -0.15) is 54.5 Å². The van der Waals surface area contributed by atoms with Crippen molar-refractivity contribution in [2.75, 3.05) is 17.6 Å². The standard InChI is InChI=1S/C11H12F9N5/c1-2-22-7-24-5(23-6(21)25-7)3-4-8(12,13)9(14,15)10(16,17)11(18,19)20/h2-4H2,1H3,(H3,21,22,23,24,25). The van der Waals surface area contributed by atoms with E-state index in [1.165, 1.54) is 0 Å². The number of nitrogens with one attached hydrogen (secondary N) is 1. The van der Waals surface area contributed by atoms with Gasteiger partial charge in [-0.25, -0.2) is 0 Å². The predicted octanol–water partition coefficient (Wildman–Crippen LogP) is 3.29. The van der Waals surface area contributed by atoms with E-state index in [2.05, 4.69) is 20.3 Å². The zero-order chi connectivity index (χ0) is 19.7. The average Bonchev–Trinajstić information content (AvgIpc) is 2.43. The topological polar surface area (TPSA) is 76.7 Å². The first-order valence-corrected chi connectivity index (χ1v) is 6.60. The van der Waals surface area contributed by atoms with Crippen LogP contribution in [-0.2, 0) is 6.42 Å². The number of hydrogen-bond donors (Lipinski definition) is 2. The second-order valence-electron chi connectivity index (χ2n) is 4.81. The van der Waals surface area contributed by atoms with Crippen LogP contribution >= 0.6 is 0 Å². The predicted molar refractivity (Wildman–Crippen MR) is 67.6 cm³/mol. The Morgan fingerprint density at radius 1 is 0.880 bits per heavy atom. The number of nitrogen functional groups attached to an aromatic ring is 1. The number of nitrogens with zero attached hydrogens (tertiary/aromatic N) is 3. The van der Waals surface area contributed by atoms with Gasteiger partial charge < -0.3 is 11.1 Å². The molecule has 0 unspecified atom stereocenters. The molecular formula is C11H12F9N5. The van der Waals surface area contributed by atoms with Crippen LogP contribution in [0, 0.1) is 0 Å². The van der Waals surface area contributed by atoms with Gasteiger partial charge in [-0.1, -0.05) is 0 Å². The fourth-order valence-corrected chi connectivity index (χ4v) is 1.62. The average molecular weight is 385 g/mol. The van der Waals surface area contributed by atoms with Gasteiger partial charge in [0.25, 0.3) is 0 Å².